The van der Waals surface area contributed by atoms with Crippen LogP contribution in [-0.4, -0.2) is 52.2 Å². The summed E-state index contributed by atoms with van der Waals surface area (Å²) in [5.74, 6) is 0.490. The van der Waals surface area contributed by atoms with Crippen molar-refractivity contribution < 1.29 is 19.7 Å². The van der Waals surface area contributed by atoms with Gasteiger partial charge in [-0.15, -0.1) is 0 Å². The number of ether oxygens (including phenoxy) is 1. The molecule has 23 heavy (non-hydrogen) atoms. The number of likely N-dealkylation sites (N-methyl/N-ethyl adjacent to an activating group) is 1. The minimum atomic E-state index is -1.10. The number of ketones is 1. The summed E-state index contributed by atoms with van der Waals surface area (Å²) in [6.07, 6.45) is 5.00. The van der Waals surface area contributed by atoms with E-state index in [0.717, 1.165) is 24.0 Å². The van der Waals surface area contributed by atoms with Gasteiger partial charge in [-0.3, -0.25) is 9.69 Å². The van der Waals surface area contributed by atoms with Crippen molar-refractivity contribution in [2.24, 2.45) is 0 Å². The Balaban J connectivity index is 1.87. The van der Waals surface area contributed by atoms with Gasteiger partial charge in [-0.2, -0.15) is 0 Å². The fraction of sp³-hybridized carbons (Fsp3) is 0.500. The fourth-order valence-corrected chi connectivity index (χ4v) is 5.89. The summed E-state index contributed by atoms with van der Waals surface area (Å²) >= 11 is 0. The Morgan fingerprint density at radius 2 is 2.13 bits per heavy atom. The normalized spacial score (nSPS) is 45.3. The topological polar surface area (TPSA) is 69.8 Å². The van der Waals surface area contributed by atoms with Gasteiger partial charge in [-0.1, -0.05) is 6.07 Å². The van der Waals surface area contributed by atoms with E-state index in [2.05, 4.69) is 4.90 Å². The number of phenols is 1. The standard InChI is InChI=1S/C18H19NO4/c1-19-15-17(19)7-10-3-4-12(21)14(23-2)13(10)16(9-17)8-11(20)5-6-18(15,16)22/h3-6,15,21-22H,7-9H2,1-2H3. The largest absolute Gasteiger partial charge is 0.504 e. The lowest BCUT2D eigenvalue weighted by Gasteiger charge is -2.48. The van der Waals surface area contributed by atoms with Crippen molar-refractivity contribution in [2.75, 3.05) is 14.2 Å². The van der Waals surface area contributed by atoms with Crippen LogP contribution in [-0.2, 0) is 16.6 Å². The molecule has 120 valence electrons. The fourth-order valence-electron chi connectivity index (χ4n) is 5.89. The Kier molecular flexibility index (Phi) is 2.14. The zero-order valence-corrected chi connectivity index (χ0v) is 13.2. The van der Waals surface area contributed by atoms with Crippen LogP contribution in [0.5, 0.6) is 11.5 Å². The summed E-state index contributed by atoms with van der Waals surface area (Å²) in [5.41, 5.74) is 0.0136. The monoisotopic (exact) mass is 313 g/mol. The molecule has 2 bridgehead atoms. The average molecular weight is 313 g/mol. The number of hydrogen-bond donors (Lipinski definition) is 2. The Labute approximate surface area is 134 Å². The molecule has 3 aliphatic carbocycles. The van der Waals surface area contributed by atoms with Gasteiger partial charge in [0.15, 0.2) is 17.3 Å². The first-order valence-electron chi connectivity index (χ1n) is 7.96. The van der Waals surface area contributed by atoms with Crippen LogP contribution in [0.4, 0.5) is 0 Å². The number of likely N-dealkylation sites (tertiary alicyclic amines) is 1. The molecule has 1 heterocycles. The molecule has 1 aliphatic heterocycles. The van der Waals surface area contributed by atoms with Gasteiger partial charge in [0.05, 0.1) is 13.2 Å². The highest BCUT2D eigenvalue weighted by molar-refractivity contribution is 5.94. The zero-order chi connectivity index (χ0) is 16.2. The molecule has 5 nitrogen and oxygen atoms in total. The van der Waals surface area contributed by atoms with Gasteiger partial charge in [-0.25, -0.2) is 0 Å². The van der Waals surface area contributed by atoms with Crippen LogP contribution in [0.3, 0.4) is 0 Å². The lowest BCUT2D eigenvalue weighted by molar-refractivity contribution is -0.120. The number of fused-ring (bicyclic) bond motifs is 2. The van der Waals surface area contributed by atoms with E-state index in [1.807, 2.05) is 13.1 Å². The molecule has 2 fully saturated rings. The number of phenolic OH excluding ortho intramolecular Hbond substituents is 1. The average Bonchev–Trinajstić information content (AvgIpc) is 2.99. The third-order valence-corrected chi connectivity index (χ3v) is 6.72. The number of aromatic hydroxyl groups is 1. The number of carbonyl (C=O) groups is 1. The molecule has 1 saturated carbocycles. The first-order valence-corrected chi connectivity index (χ1v) is 7.96. The van der Waals surface area contributed by atoms with Crippen molar-refractivity contribution in [3.63, 3.8) is 0 Å². The van der Waals surface area contributed by atoms with Crippen molar-refractivity contribution >= 4 is 5.78 Å². The second kappa shape index (κ2) is 3.62. The van der Waals surface area contributed by atoms with Gasteiger partial charge in [-0.05, 0) is 43.7 Å². The van der Waals surface area contributed by atoms with Crippen molar-refractivity contribution in [1.82, 2.24) is 4.90 Å². The van der Waals surface area contributed by atoms with Crippen LogP contribution in [0.2, 0.25) is 0 Å². The molecule has 1 aromatic carbocycles. The van der Waals surface area contributed by atoms with Gasteiger partial charge in [0.25, 0.3) is 0 Å². The van der Waals surface area contributed by atoms with Crippen LogP contribution >= 0.6 is 0 Å². The second-order valence-corrected chi connectivity index (χ2v) is 7.51. The van der Waals surface area contributed by atoms with Crippen LogP contribution in [0.25, 0.3) is 0 Å². The first kappa shape index (κ1) is 13.6. The number of methoxy groups -OCH3 is 1. The highest BCUT2D eigenvalue weighted by Gasteiger charge is 2.83. The van der Waals surface area contributed by atoms with Crippen LogP contribution in [0.1, 0.15) is 24.0 Å². The van der Waals surface area contributed by atoms with E-state index >= 15 is 0 Å². The van der Waals surface area contributed by atoms with E-state index < -0.39 is 11.0 Å². The van der Waals surface area contributed by atoms with E-state index in [0.29, 0.717) is 5.75 Å². The van der Waals surface area contributed by atoms with Crippen LogP contribution < -0.4 is 4.74 Å². The molecule has 2 N–H and O–H groups in total. The SMILES string of the molecule is COc1c(O)ccc2c1C13CC(=O)C=CC1(O)C1N(C)C1(C2)C3. The Bertz CT molecular complexity index is 802. The molecule has 0 amide bonds. The summed E-state index contributed by atoms with van der Waals surface area (Å²) in [4.78, 5) is 14.5. The van der Waals surface area contributed by atoms with Crippen molar-refractivity contribution in [1.29, 1.82) is 0 Å². The van der Waals surface area contributed by atoms with Gasteiger partial charge < -0.3 is 14.9 Å². The third-order valence-electron chi connectivity index (χ3n) is 6.72. The predicted molar refractivity (Wildman–Crippen MR) is 82.7 cm³/mol. The Morgan fingerprint density at radius 1 is 1.35 bits per heavy atom. The molecular formula is C18H19NO4. The summed E-state index contributed by atoms with van der Waals surface area (Å²) in [6.45, 7) is 0. The Morgan fingerprint density at radius 3 is 2.87 bits per heavy atom. The maximum atomic E-state index is 12.2. The third kappa shape index (κ3) is 1.21. The van der Waals surface area contributed by atoms with Crippen LogP contribution in [0.15, 0.2) is 24.3 Å². The van der Waals surface area contributed by atoms with E-state index in [4.69, 9.17) is 4.74 Å². The number of piperidine rings is 1. The van der Waals surface area contributed by atoms with Gasteiger partial charge in [0.2, 0.25) is 0 Å². The second-order valence-electron chi connectivity index (χ2n) is 7.51. The number of allylic oxidation sites excluding steroid dienone is 1. The number of carbonyl (C=O) groups excluding carboxylic acids is 1. The number of benzene rings is 1. The predicted octanol–water partition coefficient (Wildman–Crippen LogP) is 0.911. The van der Waals surface area contributed by atoms with Crippen LogP contribution in [0, 0.1) is 0 Å². The molecule has 5 heteroatoms. The number of rotatable bonds is 1. The molecular weight excluding hydrogens is 294 g/mol. The minimum absolute atomic E-state index is 0.0126. The first-order chi connectivity index (χ1) is 10.9. The molecule has 5 atom stereocenters. The molecule has 4 aliphatic rings. The molecule has 1 aromatic rings. The van der Waals surface area contributed by atoms with Crippen molar-refractivity contribution in [3.8, 4) is 11.5 Å². The highest BCUT2D eigenvalue weighted by atomic mass is 16.5. The van der Waals surface area contributed by atoms with Crippen molar-refractivity contribution in [3.05, 3.63) is 35.4 Å². The molecule has 0 aromatic heterocycles. The smallest absolute Gasteiger partial charge is 0.164 e. The molecule has 5 unspecified atom stereocenters. The van der Waals surface area contributed by atoms with E-state index in [1.165, 1.54) is 13.2 Å². The summed E-state index contributed by atoms with van der Waals surface area (Å²) in [7, 11) is 3.57. The lowest BCUT2D eigenvalue weighted by atomic mass is 9.59. The zero-order valence-electron chi connectivity index (χ0n) is 13.2. The maximum absolute atomic E-state index is 12.2. The summed E-state index contributed by atoms with van der Waals surface area (Å²) in [5, 5.41) is 21.8. The number of hydrogen-bond acceptors (Lipinski definition) is 5. The number of aliphatic hydroxyl groups is 1. The van der Waals surface area contributed by atoms with E-state index in [1.54, 1.807) is 12.1 Å². The van der Waals surface area contributed by atoms with Gasteiger partial charge >= 0.3 is 0 Å². The summed E-state index contributed by atoms with van der Waals surface area (Å²) < 4.78 is 5.48. The molecule has 5 rings (SSSR count). The quantitative estimate of drug-likeness (QED) is 0.754. The number of nitrogens with zero attached hydrogens (tertiary/aromatic N) is 1. The maximum Gasteiger partial charge on any atom is 0.164 e. The summed E-state index contributed by atoms with van der Waals surface area (Å²) in [6, 6.07) is 3.57. The molecule has 2 spiro atoms. The van der Waals surface area contributed by atoms with Crippen molar-refractivity contribution in [2.45, 2.75) is 41.9 Å². The minimum Gasteiger partial charge on any atom is -0.504 e. The van der Waals surface area contributed by atoms with Gasteiger partial charge in [0, 0.05) is 22.9 Å². The highest BCUT2D eigenvalue weighted by Crippen LogP contribution is 2.73. The van der Waals surface area contributed by atoms with Gasteiger partial charge in [0.1, 0.15) is 5.60 Å². The Hall–Kier alpha value is -1.85. The van der Waals surface area contributed by atoms with E-state index in [-0.39, 0.29) is 29.5 Å². The molecule has 0 radical (unpaired) electrons. The van der Waals surface area contributed by atoms with E-state index in [9.17, 15) is 15.0 Å². The lowest BCUT2D eigenvalue weighted by Crippen LogP contribution is -2.56. The molecule has 1 saturated heterocycles.